The average molecular weight is 663 g/mol. The van der Waals surface area contributed by atoms with E-state index in [1.807, 2.05) is 12.3 Å². The fourth-order valence-corrected chi connectivity index (χ4v) is 8.45. The molecule has 0 amide bonds. The van der Waals surface area contributed by atoms with Gasteiger partial charge in [0.2, 0.25) is 0 Å². The highest BCUT2D eigenvalue weighted by atomic mass is 15.1. The maximum absolute atomic E-state index is 4.76. The fraction of sp³-hybridized carbons (Fsp3) is 0.0200. The minimum atomic E-state index is -0.473. The number of nitrogens with zero attached hydrogens (tertiary/aromatic N) is 2. The van der Waals surface area contributed by atoms with Crippen molar-refractivity contribution < 1.29 is 0 Å². The van der Waals surface area contributed by atoms with Gasteiger partial charge in [0, 0.05) is 34.1 Å². The first-order valence-electron chi connectivity index (χ1n) is 17.9. The third-order valence-electron chi connectivity index (χ3n) is 10.7. The summed E-state index contributed by atoms with van der Waals surface area (Å²) in [5, 5.41) is 3.52. The minimum absolute atomic E-state index is 0.473. The van der Waals surface area contributed by atoms with Crippen LogP contribution < -0.4 is 4.90 Å². The van der Waals surface area contributed by atoms with Crippen molar-refractivity contribution in [2.45, 2.75) is 5.41 Å². The first-order chi connectivity index (χ1) is 25.8. The molecule has 0 radical (unpaired) electrons. The van der Waals surface area contributed by atoms with Crippen LogP contribution in [0.3, 0.4) is 0 Å². The molecule has 0 fully saturated rings. The normalized spacial score (nSPS) is 12.8. The Morgan fingerprint density at radius 2 is 1.04 bits per heavy atom. The topological polar surface area (TPSA) is 16.1 Å². The smallest absolute Gasteiger partial charge is 0.0714 e. The molecule has 0 bridgehead atoms. The van der Waals surface area contributed by atoms with E-state index in [1.165, 1.54) is 44.2 Å². The summed E-state index contributed by atoms with van der Waals surface area (Å²) in [6, 6.07) is 72.8. The van der Waals surface area contributed by atoms with E-state index < -0.39 is 5.41 Å². The van der Waals surface area contributed by atoms with Gasteiger partial charge in [0.25, 0.3) is 0 Å². The first kappa shape index (κ1) is 30.1. The lowest BCUT2D eigenvalue weighted by Crippen LogP contribution is -2.28. The second-order valence-corrected chi connectivity index (χ2v) is 13.6. The molecule has 0 spiro atoms. The number of hydrogen-bond acceptors (Lipinski definition) is 2. The number of aromatic nitrogens is 1. The van der Waals surface area contributed by atoms with Crippen LogP contribution in [0.1, 0.15) is 22.3 Å². The molecule has 0 unspecified atom stereocenters. The molecule has 52 heavy (non-hydrogen) atoms. The molecule has 9 aromatic rings. The monoisotopic (exact) mass is 662 g/mol. The van der Waals surface area contributed by atoms with Crippen molar-refractivity contribution in [3.05, 3.63) is 229 Å². The van der Waals surface area contributed by atoms with Gasteiger partial charge in [-0.2, -0.15) is 0 Å². The van der Waals surface area contributed by atoms with Gasteiger partial charge in [0.15, 0.2) is 0 Å². The predicted molar refractivity (Wildman–Crippen MR) is 217 cm³/mol. The standard InChI is InChI=1S/C50H34N2/c1-4-16-40(17-5-1)50(41-18-6-2-7-19-41)45-23-12-11-22-44(45)49-46(50)24-14-26-48(49)52(42-20-8-3-9-21-42)43-30-29-35-27-28-36(31-38(35)33-43)39-32-37-15-10-13-25-47(37)51-34-39/h1-34H. The Morgan fingerprint density at radius 1 is 0.404 bits per heavy atom. The lowest BCUT2D eigenvalue weighted by Gasteiger charge is -2.34. The zero-order chi connectivity index (χ0) is 34.5. The molecule has 1 aliphatic carbocycles. The number of fused-ring (bicyclic) bond motifs is 5. The first-order valence-corrected chi connectivity index (χ1v) is 17.9. The Morgan fingerprint density at radius 3 is 1.83 bits per heavy atom. The zero-order valence-corrected chi connectivity index (χ0v) is 28.5. The molecule has 2 heteroatoms. The van der Waals surface area contributed by atoms with Crippen LogP contribution in [0.2, 0.25) is 0 Å². The molecule has 0 saturated heterocycles. The SMILES string of the molecule is c1ccc(N(c2ccc3ccc(-c4cnc5ccccc5c4)cc3c2)c2cccc3c2-c2ccccc2C3(c2ccccc2)c2ccccc2)cc1. The third kappa shape index (κ3) is 4.69. The van der Waals surface area contributed by atoms with Crippen molar-refractivity contribution in [3.63, 3.8) is 0 Å². The highest BCUT2D eigenvalue weighted by Crippen LogP contribution is 2.59. The largest absolute Gasteiger partial charge is 0.310 e. The van der Waals surface area contributed by atoms with Crippen molar-refractivity contribution in [1.29, 1.82) is 0 Å². The second-order valence-electron chi connectivity index (χ2n) is 13.6. The van der Waals surface area contributed by atoms with Gasteiger partial charge >= 0.3 is 0 Å². The molecule has 1 heterocycles. The van der Waals surface area contributed by atoms with Crippen LogP contribution in [0.25, 0.3) is 43.9 Å². The van der Waals surface area contributed by atoms with Gasteiger partial charge in [-0.3, -0.25) is 4.98 Å². The Bertz CT molecular complexity index is 2700. The number of benzene rings is 8. The summed E-state index contributed by atoms with van der Waals surface area (Å²) >= 11 is 0. The highest BCUT2D eigenvalue weighted by Gasteiger charge is 2.47. The maximum atomic E-state index is 4.76. The summed E-state index contributed by atoms with van der Waals surface area (Å²) < 4.78 is 0. The van der Waals surface area contributed by atoms with Crippen LogP contribution in [-0.4, -0.2) is 4.98 Å². The number of anilines is 3. The van der Waals surface area contributed by atoms with Gasteiger partial charge in [0.05, 0.1) is 16.6 Å². The summed E-state index contributed by atoms with van der Waals surface area (Å²) in [7, 11) is 0. The molecule has 244 valence electrons. The predicted octanol–water partition coefficient (Wildman–Crippen LogP) is 12.9. The highest BCUT2D eigenvalue weighted by molar-refractivity contribution is 5.99. The Labute approximate surface area is 303 Å². The molecule has 1 aromatic heterocycles. The van der Waals surface area contributed by atoms with Gasteiger partial charge < -0.3 is 4.90 Å². The van der Waals surface area contributed by atoms with E-state index in [0.717, 1.165) is 39.1 Å². The number of rotatable bonds is 6. The third-order valence-corrected chi connectivity index (χ3v) is 10.7. The van der Waals surface area contributed by atoms with Crippen molar-refractivity contribution in [2.24, 2.45) is 0 Å². The quantitative estimate of drug-likeness (QED) is 0.176. The van der Waals surface area contributed by atoms with Gasteiger partial charge in [-0.05, 0) is 92.7 Å². The van der Waals surface area contributed by atoms with E-state index in [1.54, 1.807) is 0 Å². The molecule has 0 saturated carbocycles. The molecular weight excluding hydrogens is 629 g/mol. The van der Waals surface area contributed by atoms with Crippen LogP contribution in [0.15, 0.2) is 206 Å². The minimum Gasteiger partial charge on any atom is -0.310 e. The van der Waals surface area contributed by atoms with E-state index in [4.69, 9.17) is 4.98 Å². The summed E-state index contributed by atoms with van der Waals surface area (Å²) in [5.41, 5.74) is 13.8. The lowest BCUT2D eigenvalue weighted by molar-refractivity contribution is 0.768. The molecular formula is C50H34N2. The molecule has 1 aliphatic rings. The molecule has 0 atom stereocenters. The second kappa shape index (κ2) is 12.2. The number of pyridine rings is 1. The molecule has 0 N–H and O–H groups in total. The van der Waals surface area contributed by atoms with Crippen LogP contribution in [-0.2, 0) is 5.41 Å². The van der Waals surface area contributed by atoms with Crippen molar-refractivity contribution in [3.8, 4) is 22.3 Å². The van der Waals surface area contributed by atoms with Crippen LogP contribution in [0, 0.1) is 0 Å². The zero-order valence-electron chi connectivity index (χ0n) is 28.5. The van der Waals surface area contributed by atoms with Gasteiger partial charge in [-0.15, -0.1) is 0 Å². The van der Waals surface area contributed by atoms with Gasteiger partial charge in [-0.1, -0.05) is 152 Å². The van der Waals surface area contributed by atoms with Crippen molar-refractivity contribution in [1.82, 2.24) is 4.98 Å². The Balaban J connectivity index is 1.21. The van der Waals surface area contributed by atoms with Crippen molar-refractivity contribution in [2.75, 3.05) is 4.90 Å². The van der Waals surface area contributed by atoms with Crippen LogP contribution in [0.4, 0.5) is 17.1 Å². The average Bonchev–Trinajstić information content (AvgIpc) is 3.53. The molecule has 0 aliphatic heterocycles. The van der Waals surface area contributed by atoms with Gasteiger partial charge in [0.1, 0.15) is 0 Å². The molecule has 2 nitrogen and oxygen atoms in total. The van der Waals surface area contributed by atoms with E-state index in [2.05, 4.69) is 199 Å². The summed E-state index contributed by atoms with van der Waals surface area (Å²) in [4.78, 5) is 7.20. The maximum Gasteiger partial charge on any atom is 0.0714 e. The van der Waals surface area contributed by atoms with Crippen LogP contribution >= 0.6 is 0 Å². The van der Waals surface area contributed by atoms with E-state index in [-0.39, 0.29) is 0 Å². The van der Waals surface area contributed by atoms with E-state index in [9.17, 15) is 0 Å². The van der Waals surface area contributed by atoms with E-state index >= 15 is 0 Å². The Kier molecular flexibility index (Phi) is 7.07. The number of hydrogen-bond donors (Lipinski definition) is 0. The lowest BCUT2D eigenvalue weighted by atomic mass is 9.68. The summed E-state index contributed by atoms with van der Waals surface area (Å²) in [6.07, 6.45) is 1.99. The molecule has 8 aromatic carbocycles. The van der Waals surface area contributed by atoms with Crippen LogP contribution in [0.5, 0.6) is 0 Å². The summed E-state index contributed by atoms with van der Waals surface area (Å²) in [6.45, 7) is 0. The van der Waals surface area contributed by atoms with Gasteiger partial charge in [-0.25, -0.2) is 0 Å². The molecule has 10 rings (SSSR count). The Hall–Kier alpha value is -6.77. The summed E-state index contributed by atoms with van der Waals surface area (Å²) in [5.74, 6) is 0. The number of para-hydroxylation sites is 2. The van der Waals surface area contributed by atoms with E-state index in [0.29, 0.717) is 0 Å². The van der Waals surface area contributed by atoms with Crippen molar-refractivity contribution >= 4 is 38.7 Å². The fourth-order valence-electron chi connectivity index (χ4n) is 8.45.